The number of nitrogens with zero attached hydrogens (tertiary/aromatic N) is 3. The highest BCUT2D eigenvalue weighted by Crippen LogP contribution is 2.28. The minimum absolute atomic E-state index is 0.0391. The van der Waals surface area contributed by atoms with E-state index in [1.807, 2.05) is 6.07 Å². The molecule has 0 aliphatic carbocycles. The monoisotopic (exact) mass is 332 g/mol. The number of H-pyrrole nitrogens is 1. The van der Waals surface area contributed by atoms with Crippen molar-refractivity contribution in [2.75, 3.05) is 12.4 Å². The highest BCUT2D eigenvalue weighted by Gasteiger charge is 2.12. The van der Waals surface area contributed by atoms with Crippen molar-refractivity contribution in [3.8, 4) is 5.75 Å². The molecule has 0 spiro atoms. The predicted octanol–water partition coefficient (Wildman–Crippen LogP) is 2.43. The summed E-state index contributed by atoms with van der Waals surface area (Å²) < 4.78 is 11.4. The van der Waals surface area contributed by atoms with Crippen LogP contribution in [0.1, 0.15) is 18.9 Å². The SMILES string of the molecule is CCCc1c(OCCSc2nn[nH]n2)ccc2c(=O)ccoc12. The number of aromatic amines is 1. The van der Waals surface area contributed by atoms with Crippen molar-refractivity contribution < 1.29 is 9.15 Å². The second-order valence-electron chi connectivity index (χ2n) is 4.85. The molecule has 2 aromatic heterocycles. The molecule has 0 radical (unpaired) electrons. The van der Waals surface area contributed by atoms with E-state index in [2.05, 4.69) is 27.5 Å². The Hall–Kier alpha value is -2.35. The summed E-state index contributed by atoms with van der Waals surface area (Å²) in [4.78, 5) is 11.9. The van der Waals surface area contributed by atoms with Crippen LogP contribution in [0.15, 0.2) is 38.8 Å². The van der Waals surface area contributed by atoms with Crippen LogP contribution in [0.2, 0.25) is 0 Å². The van der Waals surface area contributed by atoms with Crippen LogP contribution in [0.4, 0.5) is 0 Å². The van der Waals surface area contributed by atoms with E-state index in [-0.39, 0.29) is 5.43 Å². The molecule has 0 bridgehead atoms. The van der Waals surface area contributed by atoms with E-state index in [0.29, 0.717) is 28.5 Å². The van der Waals surface area contributed by atoms with Crippen LogP contribution >= 0.6 is 11.8 Å². The molecule has 120 valence electrons. The molecule has 0 atom stereocenters. The first-order chi connectivity index (χ1) is 11.3. The van der Waals surface area contributed by atoms with Gasteiger partial charge in [0.2, 0.25) is 5.16 Å². The molecule has 0 aliphatic heterocycles. The first kappa shape index (κ1) is 15.5. The number of fused-ring (bicyclic) bond motifs is 1. The fourth-order valence-electron chi connectivity index (χ4n) is 2.31. The molecule has 0 aliphatic rings. The van der Waals surface area contributed by atoms with Gasteiger partial charge in [0.05, 0.1) is 18.3 Å². The third kappa shape index (κ3) is 3.53. The summed E-state index contributed by atoms with van der Waals surface area (Å²) in [6, 6.07) is 5.02. The first-order valence-electron chi connectivity index (χ1n) is 7.32. The maximum absolute atomic E-state index is 11.9. The van der Waals surface area contributed by atoms with Crippen molar-refractivity contribution in [2.24, 2.45) is 0 Å². The molecule has 2 heterocycles. The molecule has 0 amide bonds. The van der Waals surface area contributed by atoms with Crippen molar-refractivity contribution in [3.63, 3.8) is 0 Å². The molecule has 0 saturated heterocycles. The lowest BCUT2D eigenvalue weighted by atomic mass is 10.1. The standard InChI is InChI=1S/C15H16N4O3S/c1-2-3-11-13(21-8-9-23-15-16-18-19-17-15)5-4-10-12(20)6-7-22-14(10)11/h4-7H,2-3,8-9H2,1H3,(H,16,17,18,19). The van der Waals surface area contributed by atoms with Crippen LogP contribution in [0.3, 0.4) is 0 Å². The topological polar surface area (TPSA) is 93.9 Å². The van der Waals surface area contributed by atoms with Gasteiger partial charge in [0.15, 0.2) is 5.43 Å². The van der Waals surface area contributed by atoms with Gasteiger partial charge in [-0.1, -0.05) is 25.1 Å². The summed E-state index contributed by atoms with van der Waals surface area (Å²) in [5.41, 5.74) is 1.51. The number of hydrogen-bond acceptors (Lipinski definition) is 7. The number of benzene rings is 1. The third-order valence-electron chi connectivity index (χ3n) is 3.29. The fraction of sp³-hybridized carbons (Fsp3) is 0.333. The molecule has 0 unspecified atom stereocenters. The Morgan fingerprint density at radius 1 is 1.35 bits per heavy atom. The average Bonchev–Trinajstić information content (AvgIpc) is 3.07. The second kappa shape index (κ2) is 7.28. The van der Waals surface area contributed by atoms with Gasteiger partial charge >= 0.3 is 0 Å². The van der Waals surface area contributed by atoms with Crippen molar-refractivity contribution in [1.82, 2.24) is 20.6 Å². The first-order valence-corrected chi connectivity index (χ1v) is 8.30. The molecule has 0 saturated carbocycles. The molecular formula is C15H16N4O3S. The molecule has 3 aromatic rings. The van der Waals surface area contributed by atoms with Gasteiger partial charge in [0.1, 0.15) is 11.3 Å². The summed E-state index contributed by atoms with van der Waals surface area (Å²) in [7, 11) is 0. The molecule has 3 rings (SSSR count). The Kier molecular flexibility index (Phi) is 4.92. The van der Waals surface area contributed by atoms with Gasteiger partial charge in [-0.05, 0) is 23.8 Å². The summed E-state index contributed by atoms with van der Waals surface area (Å²) >= 11 is 1.46. The average molecular weight is 332 g/mol. The Morgan fingerprint density at radius 3 is 3.04 bits per heavy atom. The van der Waals surface area contributed by atoms with E-state index in [0.717, 1.165) is 24.2 Å². The maximum Gasteiger partial charge on any atom is 0.231 e. The zero-order chi connectivity index (χ0) is 16.1. The van der Waals surface area contributed by atoms with Crippen LogP contribution in [0.25, 0.3) is 11.0 Å². The van der Waals surface area contributed by atoms with Crippen molar-refractivity contribution in [1.29, 1.82) is 0 Å². The van der Waals surface area contributed by atoms with Crippen LogP contribution in [-0.4, -0.2) is 33.0 Å². The highest BCUT2D eigenvalue weighted by molar-refractivity contribution is 7.99. The second-order valence-corrected chi connectivity index (χ2v) is 5.91. The maximum atomic E-state index is 11.9. The molecule has 23 heavy (non-hydrogen) atoms. The Morgan fingerprint density at radius 2 is 2.26 bits per heavy atom. The van der Waals surface area contributed by atoms with Gasteiger partial charge in [-0.25, -0.2) is 0 Å². The van der Waals surface area contributed by atoms with Crippen LogP contribution < -0.4 is 10.2 Å². The molecule has 1 aromatic carbocycles. The minimum Gasteiger partial charge on any atom is -0.492 e. The van der Waals surface area contributed by atoms with Crippen molar-refractivity contribution in [3.05, 3.63) is 40.2 Å². The van der Waals surface area contributed by atoms with Crippen LogP contribution in [-0.2, 0) is 6.42 Å². The number of rotatable bonds is 7. The predicted molar refractivity (Wildman–Crippen MR) is 86.9 cm³/mol. The lowest BCUT2D eigenvalue weighted by Crippen LogP contribution is -2.05. The quantitative estimate of drug-likeness (QED) is 0.524. The number of ether oxygens (including phenoxy) is 1. The Labute approximate surface area is 136 Å². The lowest BCUT2D eigenvalue weighted by Gasteiger charge is -2.12. The van der Waals surface area contributed by atoms with Crippen molar-refractivity contribution in [2.45, 2.75) is 24.9 Å². The van der Waals surface area contributed by atoms with E-state index >= 15 is 0 Å². The summed E-state index contributed by atoms with van der Waals surface area (Å²) in [6.07, 6.45) is 3.16. The lowest BCUT2D eigenvalue weighted by molar-refractivity contribution is 0.339. The van der Waals surface area contributed by atoms with Gasteiger partial charge in [-0.15, -0.1) is 10.2 Å². The Bertz CT molecular complexity index is 832. The fourth-order valence-corrected chi connectivity index (χ4v) is 2.87. The molecular weight excluding hydrogens is 316 g/mol. The summed E-state index contributed by atoms with van der Waals surface area (Å²) in [6.45, 7) is 2.58. The number of nitrogens with one attached hydrogen (secondary N) is 1. The van der Waals surface area contributed by atoms with Gasteiger partial charge in [0.25, 0.3) is 0 Å². The molecule has 0 fully saturated rings. The highest BCUT2D eigenvalue weighted by atomic mass is 32.2. The minimum atomic E-state index is -0.0391. The van der Waals surface area contributed by atoms with Gasteiger partial charge in [0, 0.05) is 17.4 Å². The number of aromatic nitrogens is 4. The van der Waals surface area contributed by atoms with Gasteiger partial charge in [-0.3, -0.25) is 4.79 Å². The normalized spacial score (nSPS) is 11.0. The van der Waals surface area contributed by atoms with Crippen molar-refractivity contribution >= 4 is 22.7 Å². The molecule has 7 nitrogen and oxygen atoms in total. The van der Waals surface area contributed by atoms with Gasteiger partial charge < -0.3 is 9.15 Å². The summed E-state index contributed by atoms with van der Waals surface area (Å²) in [5, 5.41) is 14.8. The summed E-state index contributed by atoms with van der Waals surface area (Å²) in [5.74, 6) is 1.45. The molecule has 8 heteroatoms. The third-order valence-corrected chi connectivity index (χ3v) is 4.09. The van der Waals surface area contributed by atoms with E-state index in [9.17, 15) is 4.79 Å². The largest absolute Gasteiger partial charge is 0.492 e. The van der Waals surface area contributed by atoms with E-state index in [4.69, 9.17) is 9.15 Å². The Balaban J connectivity index is 1.76. The smallest absolute Gasteiger partial charge is 0.231 e. The number of tetrazole rings is 1. The zero-order valence-electron chi connectivity index (χ0n) is 12.6. The number of aryl methyl sites for hydroxylation is 1. The van der Waals surface area contributed by atoms with Gasteiger partial charge in [-0.2, -0.15) is 5.21 Å². The van der Waals surface area contributed by atoms with Crippen LogP contribution in [0, 0.1) is 0 Å². The van der Waals surface area contributed by atoms with E-state index in [1.54, 1.807) is 6.07 Å². The van der Waals surface area contributed by atoms with Crippen LogP contribution in [0.5, 0.6) is 5.75 Å². The van der Waals surface area contributed by atoms with E-state index < -0.39 is 0 Å². The zero-order valence-corrected chi connectivity index (χ0v) is 13.4. The molecule has 1 N–H and O–H groups in total. The number of hydrogen-bond donors (Lipinski definition) is 1. The number of thioether (sulfide) groups is 1. The van der Waals surface area contributed by atoms with E-state index in [1.165, 1.54) is 24.1 Å².